The number of carboxylic acids is 1. The lowest BCUT2D eigenvalue weighted by molar-refractivity contribution is -0.138. The average Bonchev–Trinajstić information content (AvgIpc) is 2.70. The van der Waals surface area contributed by atoms with E-state index in [0.29, 0.717) is 11.3 Å². The largest absolute Gasteiger partial charge is 0.480 e. The lowest BCUT2D eigenvalue weighted by Gasteiger charge is -2.05. The molecule has 0 radical (unpaired) electrons. The van der Waals surface area contributed by atoms with E-state index in [4.69, 9.17) is 16.1 Å². The molecule has 2 aromatic rings. The number of nitrogens with zero attached hydrogens (tertiary/aromatic N) is 4. The lowest BCUT2D eigenvalue weighted by Crippen LogP contribution is -2.32. The normalized spacial score (nSPS) is 12.2. The predicted molar refractivity (Wildman–Crippen MR) is 57.0 cm³/mol. The molecule has 1 atom stereocenters. The van der Waals surface area contributed by atoms with Crippen LogP contribution < -0.4 is 5.73 Å². The minimum Gasteiger partial charge on any atom is -0.480 e. The van der Waals surface area contributed by atoms with Crippen LogP contribution in [0.4, 0.5) is 0 Å². The van der Waals surface area contributed by atoms with Crippen molar-refractivity contribution in [1.29, 1.82) is 5.26 Å². The number of nitriles is 1. The molecule has 86 valence electrons. The summed E-state index contributed by atoms with van der Waals surface area (Å²) < 4.78 is 1.62. The maximum absolute atomic E-state index is 10.6. The molecular weight excluding hydrogens is 222 g/mol. The number of aromatic nitrogens is 3. The van der Waals surface area contributed by atoms with Gasteiger partial charge in [0.2, 0.25) is 0 Å². The van der Waals surface area contributed by atoms with Gasteiger partial charge in [-0.2, -0.15) is 5.26 Å². The van der Waals surface area contributed by atoms with Crippen molar-refractivity contribution in [3.63, 3.8) is 0 Å². The molecular formula is C10H9N5O2. The Morgan fingerprint density at radius 2 is 2.41 bits per heavy atom. The molecule has 0 bridgehead atoms. The molecule has 0 saturated carbocycles. The van der Waals surface area contributed by atoms with Gasteiger partial charge >= 0.3 is 5.97 Å². The van der Waals surface area contributed by atoms with Crippen LogP contribution in [-0.2, 0) is 11.2 Å². The zero-order chi connectivity index (χ0) is 12.4. The van der Waals surface area contributed by atoms with Crippen molar-refractivity contribution in [2.45, 2.75) is 12.5 Å². The van der Waals surface area contributed by atoms with Gasteiger partial charge in [0.05, 0.1) is 11.9 Å². The van der Waals surface area contributed by atoms with Crippen molar-refractivity contribution >= 4 is 11.6 Å². The zero-order valence-electron chi connectivity index (χ0n) is 8.74. The first-order valence-electron chi connectivity index (χ1n) is 4.82. The number of imidazole rings is 1. The number of hydrogen-bond acceptors (Lipinski definition) is 5. The minimum absolute atomic E-state index is 0.130. The summed E-state index contributed by atoms with van der Waals surface area (Å²) in [7, 11) is 0. The molecule has 17 heavy (non-hydrogen) atoms. The molecule has 0 amide bonds. The summed E-state index contributed by atoms with van der Waals surface area (Å²) in [4.78, 5) is 18.6. The van der Waals surface area contributed by atoms with Gasteiger partial charge < -0.3 is 15.2 Å². The molecule has 0 aliphatic heterocycles. The van der Waals surface area contributed by atoms with Gasteiger partial charge in [-0.1, -0.05) is 0 Å². The van der Waals surface area contributed by atoms with Crippen LogP contribution in [0.3, 0.4) is 0 Å². The molecule has 0 fully saturated rings. The average molecular weight is 231 g/mol. The van der Waals surface area contributed by atoms with Crippen molar-refractivity contribution < 1.29 is 9.90 Å². The number of rotatable bonds is 3. The SMILES string of the molecule is N#Cc1cn2cc(CC(N)C(=O)O)ncc2n1. The molecule has 3 N–H and O–H groups in total. The Morgan fingerprint density at radius 3 is 3.06 bits per heavy atom. The summed E-state index contributed by atoms with van der Waals surface area (Å²) in [6.45, 7) is 0. The van der Waals surface area contributed by atoms with E-state index in [1.54, 1.807) is 16.8 Å². The Bertz CT molecular complexity index is 613. The van der Waals surface area contributed by atoms with E-state index in [-0.39, 0.29) is 12.1 Å². The summed E-state index contributed by atoms with van der Waals surface area (Å²) >= 11 is 0. The van der Waals surface area contributed by atoms with Crippen molar-refractivity contribution in [3.05, 3.63) is 30.0 Å². The van der Waals surface area contributed by atoms with Crippen LogP contribution in [-0.4, -0.2) is 31.5 Å². The standard InChI is InChI=1S/C10H9N5O2/c11-2-7-5-15-4-6(1-8(12)10(16)17)13-3-9(15)14-7/h3-5,8H,1,12H2,(H,16,17). The highest BCUT2D eigenvalue weighted by Gasteiger charge is 2.13. The first-order valence-corrected chi connectivity index (χ1v) is 4.82. The number of fused-ring (bicyclic) bond motifs is 1. The van der Waals surface area contributed by atoms with E-state index in [1.807, 2.05) is 6.07 Å². The van der Waals surface area contributed by atoms with Crippen LogP contribution in [0.5, 0.6) is 0 Å². The maximum atomic E-state index is 10.6. The monoisotopic (exact) mass is 231 g/mol. The fourth-order valence-corrected chi connectivity index (χ4v) is 1.41. The van der Waals surface area contributed by atoms with Gasteiger partial charge in [0.1, 0.15) is 12.1 Å². The topological polar surface area (TPSA) is 117 Å². The van der Waals surface area contributed by atoms with Gasteiger partial charge in [0.25, 0.3) is 0 Å². The van der Waals surface area contributed by atoms with Crippen LogP contribution in [0.2, 0.25) is 0 Å². The Hall–Kier alpha value is -2.46. The van der Waals surface area contributed by atoms with E-state index in [2.05, 4.69) is 9.97 Å². The number of hydrogen-bond donors (Lipinski definition) is 2. The molecule has 0 aromatic carbocycles. The number of carbonyl (C=O) groups is 1. The first kappa shape index (κ1) is 11.0. The first-order chi connectivity index (χ1) is 8.10. The Balaban J connectivity index is 2.31. The van der Waals surface area contributed by atoms with Crippen molar-refractivity contribution in [2.24, 2.45) is 5.73 Å². The van der Waals surface area contributed by atoms with Crippen molar-refractivity contribution in [1.82, 2.24) is 14.4 Å². The summed E-state index contributed by atoms with van der Waals surface area (Å²) in [6, 6.07) is 0.929. The highest BCUT2D eigenvalue weighted by atomic mass is 16.4. The van der Waals surface area contributed by atoms with Gasteiger partial charge in [0.15, 0.2) is 11.3 Å². The second-order valence-electron chi connectivity index (χ2n) is 3.53. The molecule has 0 aliphatic carbocycles. The second kappa shape index (κ2) is 4.19. The summed E-state index contributed by atoms with van der Waals surface area (Å²) in [6.07, 6.45) is 4.77. The number of carboxylic acid groups (broad SMARTS) is 1. The van der Waals surface area contributed by atoms with Crippen LogP contribution in [0, 0.1) is 11.3 Å². The van der Waals surface area contributed by atoms with E-state index < -0.39 is 12.0 Å². The van der Waals surface area contributed by atoms with Gasteiger partial charge in [-0.15, -0.1) is 0 Å². The summed E-state index contributed by atoms with van der Waals surface area (Å²) in [5.74, 6) is -1.07. The van der Waals surface area contributed by atoms with E-state index in [1.165, 1.54) is 6.20 Å². The fourth-order valence-electron chi connectivity index (χ4n) is 1.41. The Kier molecular flexibility index (Phi) is 2.72. The maximum Gasteiger partial charge on any atom is 0.320 e. The van der Waals surface area contributed by atoms with Crippen LogP contribution in [0.25, 0.3) is 5.65 Å². The third kappa shape index (κ3) is 2.21. The second-order valence-corrected chi connectivity index (χ2v) is 3.53. The van der Waals surface area contributed by atoms with Gasteiger partial charge in [-0.25, -0.2) is 4.98 Å². The fraction of sp³-hybridized carbons (Fsp3) is 0.200. The van der Waals surface area contributed by atoms with Gasteiger partial charge in [-0.05, 0) is 0 Å². The highest BCUT2D eigenvalue weighted by molar-refractivity contribution is 5.73. The Morgan fingerprint density at radius 1 is 1.65 bits per heavy atom. The highest BCUT2D eigenvalue weighted by Crippen LogP contribution is 2.06. The minimum atomic E-state index is -1.07. The quantitative estimate of drug-likeness (QED) is 0.739. The molecule has 7 nitrogen and oxygen atoms in total. The lowest BCUT2D eigenvalue weighted by atomic mass is 10.2. The molecule has 1 unspecified atom stereocenters. The molecule has 2 rings (SSSR count). The molecule has 7 heteroatoms. The number of nitrogens with two attached hydrogens (primary N) is 1. The smallest absolute Gasteiger partial charge is 0.320 e. The van der Waals surface area contributed by atoms with Crippen molar-refractivity contribution in [3.8, 4) is 6.07 Å². The van der Waals surface area contributed by atoms with E-state index in [9.17, 15) is 4.79 Å². The molecule has 2 heterocycles. The van der Waals surface area contributed by atoms with Crippen LogP contribution in [0.1, 0.15) is 11.4 Å². The molecule has 0 saturated heterocycles. The van der Waals surface area contributed by atoms with Gasteiger partial charge in [0, 0.05) is 18.8 Å². The van der Waals surface area contributed by atoms with E-state index in [0.717, 1.165) is 0 Å². The van der Waals surface area contributed by atoms with Crippen LogP contribution in [0.15, 0.2) is 18.6 Å². The zero-order valence-corrected chi connectivity index (χ0v) is 8.74. The van der Waals surface area contributed by atoms with Crippen LogP contribution >= 0.6 is 0 Å². The van der Waals surface area contributed by atoms with E-state index >= 15 is 0 Å². The molecule has 2 aromatic heterocycles. The number of aliphatic carboxylic acids is 1. The third-order valence-corrected chi connectivity index (χ3v) is 2.26. The third-order valence-electron chi connectivity index (χ3n) is 2.26. The van der Waals surface area contributed by atoms with Gasteiger partial charge in [-0.3, -0.25) is 9.78 Å². The summed E-state index contributed by atoms with van der Waals surface area (Å²) in [5, 5.41) is 17.4. The summed E-state index contributed by atoms with van der Waals surface area (Å²) in [5.41, 5.74) is 6.76. The Labute approximate surface area is 96.1 Å². The predicted octanol–water partition coefficient (Wildman–Crippen LogP) is -0.445. The molecule has 0 aliphatic rings. The molecule has 0 spiro atoms. The van der Waals surface area contributed by atoms with Crippen molar-refractivity contribution in [2.75, 3.05) is 0 Å².